The molecule has 0 radical (unpaired) electrons. The fourth-order valence-corrected chi connectivity index (χ4v) is 4.19. The first kappa shape index (κ1) is 36.1. The Balaban J connectivity index is 1.62. The monoisotopic (exact) mass is 644 g/mol. The second-order valence-electron chi connectivity index (χ2n) is 11.2. The van der Waals surface area contributed by atoms with E-state index >= 15 is 0 Å². The molecule has 248 valence electrons. The van der Waals surface area contributed by atoms with Gasteiger partial charge in [-0.2, -0.15) is 0 Å². The molecule has 10 nitrogen and oxygen atoms in total. The van der Waals surface area contributed by atoms with Crippen molar-refractivity contribution in [3.05, 3.63) is 102 Å². The highest BCUT2D eigenvalue weighted by atomic mass is 16.6. The van der Waals surface area contributed by atoms with Crippen LogP contribution in [-0.4, -0.2) is 54.4 Å². The van der Waals surface area contributed by atoms with Crippen molar-refractivity contribution in [2.24, 2.45) is 0 Å². The van der Waals surface area contributed by atoms with Gasteiger partial charge < -0.3 is 28.8 Å². The molecule has 47 heavy (non-hydrogen) atoms. The van der Waals surface area contributed by atoms with Crippen LogP contribution < -0.4 is 14.2 Å². The molecule has 1 N–H and O–H groups in total. The summed E-state index contributed by atoms with van der Waals surface area (Å²) < 4.78 is 27.7. The maximum absolute atomic E-state index is 12.9. The molecule has 3 aromatic carbocycles. The molecule has 2 atom stereocenters. The molecular weight excluding hydrogens is 604 g/mol. The molecule has 0 heterocycles. The number of ether oxygens (including phenoxy) is 5. The zero-order valence-corrected chi connectivity index (χ0v) is 27.3. The van der Waals surface area contributed by atoms with Crippen LogP contribution in [0.4, 0.5) is 0 Å². The Hall–Kier alpha value is -5.38. The van der Waals surface area contributed by atoms with E-state index < -0.39 is 23.9 Å². The number of aromatic carboxylic acids is 1. The highest BCUT2D eigenvalue weighted by molar-refractivity contribution is 5.97. The van der Waals surface area contributed by atoms with Crippen molar-refractivity contribution in [3.8, 4) is 28.4 Å². The molecule has 0 amide bonds. The molecule has 0 bridgehead atoms. The summed E-state index contributed by atoms with van der Waals surface area (Å²) in [4.78, 5) is 48.2. The lowest BCUT2D eigenvalue weighted by Crippen LogP contribution is -2.18. The summed E-state index contributed by atoms with van der Waals surface area (Å²) >= 11 is 0. The number of benzene rings is 3. The molecular formula is C37H40O10. The van der Waals surface area contributed by atoms with E-state index in [9.17, 15) is 24.3 Å². The molecule has 0 aromatic heterocycles. The van der Waals surface area contributed by atoms with Crippen LogP contribution in [0.2, 0.25) is 0 Å². The minimum Gasteiger partial charge on any atom is -0.493 e. The van der Waals surface area contributed by atoms with Gasteiger partial charge in [0.15, 0.2) is 0 Å². The number of rotatable bonds is 16. The predicted octanol–water partition coefficient (Wildman–Crippen LogP) is 7.13. The van der Waals surface area contributed by atoms with Gasteiger partial charge in [-0.05, 0) is 106 Å². The summed E-state index contributed by atoms with van der Waals surface area (Å²) in [6, 6.07) is 16.1. The fourth-order valence-electron chi connectivity index (χ4n) is 4.19. The smallest absolute Gasteiger partial charge is 0.343 e. The molecule has 0 aliphatic carbocycles. The Bertz CT molecular complexity index is 1640. The molecule has 0 aliphatic heterocycles. The quantitative estimate of drug-likeness (QED) is 0.0974. The first-order valence-electron chi connectivity index (χ1n) is 15.0. The molecule has 0 saturated carbocycles. The molecule has 3 aromatic rings. The van der Waals surface area contributed by atoms with Gasteiger partial charge in [0.1, 0.15) is 29.5 Å². The molecule has 0 saturated heterocycles. The zero-order valence-electron chi connectivity index (χ0n) is 27.3. The van der Waals surface area contributed by atoms with Gasteiger partial charge in [0.2, 0.25) is 0 Å². The number of aryl methyl sites for hydroxylation is 1. The van der Waals surface area contributed by atoms with E-state index in [4.69, 9.17) is 23.7 Å². The van der Waals surface area contributed by atoms with E-state index in [1.165, 1.54) is 6.07 Å². The van der Waals surface area contributed by atoms with Gasteiger partial charge in [-0.25, -0.2) is 19.2 Å². The zero-order chi connectivity index (χ0) is 34.7. The molecule has 0 fully saturated rings. The van der Waals surface area contributed by atoms with Crippen LogP contribution in [0.5, 0.6) is 17.2 Å². The van der Waals surface area contributed by atoms with Gasteiger partial charge >= 0.3 is 23.9 Å². The Morgan fingerprint density at radius 1 is 0.745 bits per heavy atom. The highest BCUT2D eigenvalue weighted by Crippen LogP contribution is 2.32. The number of esters is 3. The summed E-state index contributed by atoms with van der Waals surface area (Å²) in [7, 11) is 0. The van der Waals surface area contributed by atoms with E-state index in [0.29, 0.717) is 70.1 Å². The maximum Gasteiger partial charge on any atom is 0.343 e. The normalized spacial score (nSPS) is 11.9. The minimum atomic E-state index is -1.10. The molecule has 3 rings (SSSR count). The molecule has 0 spiro atoms. The fraction of sp³-hybridized carbons (Fsp3) is 0.297. The van der Waals surface area contributed by atoms with Crippen molar-refractivity contribution in [3.63, 3.8) is 0 Å². The Kier molecular flexibility index (Phi) is 12.9. The number of carbonyl (C=O) groups is 4. The SMILES string of the molecule is C=C(C)C(=O)OC(C)CCOc1ccc(C(=O)Oc2ccc(-c3cc(OCCC(C)OC(=O)C(=C)C)ccc3C(=O)O)cc2C)cc1. The Morgan fingerprint density at radius 2 is 1.28 bits per heavy atom. The van der Waals surface area contributed by atoms with Crippen molar-refractivity contribution in [1.82, 2.24) is 0 Å². The van der Waals surface area contributed by atoms with Crippen molar-refractivity contribution >= 4 is 23.9 Å². The van der Waals surface area contributed by atoms with Crippen LogP contribution in [-0.2, 0) is 19.1 Å². The van der Waals surface area contributed by atoms with Gasteiger partial charge in [-0.3, -0.25) is 0 Å². The van der Waals surface area contributed by atoms with Crippen LogP contribution >= 0.6 is 0 Å². The predicted molar refractivity (Wildman–Crippen MR) is 176 cm³/mol. The number of carboxylic acid groups (broad SMARTS) is 1. The van der Waals surface area contributed by atoms with Crippen molar-refractivity contribution < 1.29 is 48.0 Å². The average Bonchev–Trinajstić information content (AvgIpc) is 3.02. The van der Waals surface area contributed by atoms with E-state index in [0.717, 1.165) is 0 Å². The maximum atomic E-state index is 12.9. The van der Waals surface area contributed by atoms with Gasteiger partial charge in [-0.15, -0.1) is 0 Å². The highest BCUT2D eigenvalue weighted by Gasteiger charge is 2.17. The second-order valence-corrected chi connectivity index (χ2v) is 11.2. The standard InChI is InChI=1S/C37H40O10/c1-22(2)35(40)45-25(6)16-18-43-29-11-8-27(9-12-29)37(42)47-33-15-10-28(20-24(33)5)32-21-30(13-14-31(32)34(38)39)44-19-17-26(7)46-36(41)23(3)4/h8-15,20-21,25-26H,1,3,16-19H2,2,4-7H3,(H,38,39). The van der Waals surface area contributed by atoms with Crippen LogP contribution in [0.3, 0.4) is 0 Å². The minimum absolute atomic E-state index is 0.0786. The Morgan fingerprint density at radius 3 is 1.79 bits per heavy atom. The first-order chi connectivity index (χ1) is 22.2. The third-order valence-electron chi connectivity index (χ3n) is 6.90. The Labute approximate surface area is 274 Å². The lowest BCUT2D eigenvalue weighted by Gasteiger charge is -2.15. The largest absolute Gasteiger partial charge is 0.493 e. The summed E-state index contributed by atoms with van der Waals surface area (Å²) in [6.45, 7) is 16.1. The molecule has 10 heteroatoms. The van der Waals surface area contributed by atoms with Crippen molar-refractivity contribution in [2.75, 3.05) is 13.2 Å². The lowest BCUT2D eigenvalue weighted by molar-refractivity contribution is -0.144. The number of carboxylic acids is 1. The van der Waals surface area contributed by atoms with E-state index in [-0.39, 0.29) is 24.4 Å². The molecule has 2 unspecified atom stereocenters. The van der Waals surface area contributed by atoms with Crippen molar-refractivity contribution in [2.45, 2.75) is 59.7 Å². The van der Waals surface area contributed by atoms with E-state index in [2.05, 4.69) is 13.2 Å². The van der Waals surface area contributed by atoms with E-state index in [1.54, 1.807) is 89.2 Å². The van der Waals surface area contributed by atoms with Crippen molar-refractivity contribution in [1.29, 1.82) is 0 Å². The van der Waals surface area contributed by atoms with Gasteiger partial charge in [0, 0.05) is 24.0 Å². The van der Waals surface area contributed by atoms with Crippen LogP contribution in [0.25, 0.3) is 11.1 Å². The summed E-state index contributed by atoms with van der Waals surface area (Å²) in [5, 5.41) is 9.81. The topological polar surface area (TPSA) is 135 Å². The molecule has 0 aliphatic rings. The lowest BCUT2D eigenvalue weighted by atomic mass is 9.97. The summed E-state index contributed by atoms with van der Waals surface area (Å²) in [5.74, 6) is -1.28. The van der Waals surface area contributed by atoms with Gasteiger partial charge in [-0.1, -0.05) is 19.2 Å². The second kappa shape index (κ2) is 16.8. The van der Waals surface area contributed by atoms with Crippen LogP contribution in [0, 0.1) is 6.92 Å². The third kappa shape index (κ3) is 10.9. The van der Waals surface area contributed by atoms with Crippen LogP contribution in [0.1, 0.15) is 66.8 Å². The summed E-state index contributed by atoms with van der Waals surface area (Å²) in [6.07, 6.45) is 0.188. The van der Waals surface area contributed by atoms with Gasteiger partial charge in [0.05, 0.1) is 24.3 Å². The third-order valence-corrected chi connectivity index (χ3v) is 6.90. The summed E-state index contributed by atoms with van der Waals surface area (Å²) in [5.41, 5.74) is 2.68. The number of carbonyl (C=O) groups excluding carboxylic acids is 3. The number of hydrogen-bond donors (Lipinski definition) is 1. The van der Waals surface area contributed by atoms with Gasteiger partial charge in [0.25, 0.3) is 0 Å². The van der Waals surface area contributed by atoms with E-state index in [1.807, 2.05) is 0 Å². The number of hydrogen-bond acceptors (Lipinski definition) is 9. The average molecular weight is 645 g/mol. The first-order valence-corrected chi connectivity index (χ1v) is 15.0. The van der Waals surface area contributed by atoms with Crippen LogP contribution in [0.15, 0.2) is 85.0 Å².